The van der Waals surface area contributed by atoms with Crippen LogP contribution in [0.4, 0.5) is 0 Å². The van der Waals surface area contributed by atoms with E-state index >= 15 is 0 Å². The smallest absolute Gasteiger partial charge is 0.229 e. The average Bonchev–Trinajstić information content (AvgIpc) is 2.93. The Morgan fingerprint density at radius 1 is 1.48 bits per heavy atom. The normalized spacial score (nSPS) is 22.1. The molecule has 4 nitrogen and oxygen atoms in total. The van der Waals surface area contributed by atoms with Crippen molar-refractivity contribution < 1.29 is 14.3 Å². The van der Waals surface area contributed by atoms with E-state index in [1.54, 1.807) is 7.11 Å². The van der Waals surface area contributed by atoms with Crippen LogP contribution in [0.2, 0.25) is 0 Å². The van der Waals surface area contributed by atoms with Crippen LogP contribution >= 0.6 is 0 Å². The second kappa shape index (κ2) is 7.27. The number of hydrogen-bond acceptors (Lipinski definition) is 3. The molecular formula is C17H23NO3. The molecule has 0 aromatic heterocycles. The summed E-state index contributed by atoms with van der Waals surface area (Å²) in [5, 5.41) is 3.03. The largest absolute Gasteiger partial charge is 0.496 e. The third-order valence-electron chi connectivity index (χ3n) is 3.85. The molecule has 1 heterocycles. The number of rotatable bonds is 5. The molecule has 1 aliphatic rings. The molecule has 1 amide bonds. The topological polar surface area (TPSA) is 47.6 Å². The molecule has 4 heteroatoms. The predicted molar refractivity (Wildman–Crippen MR) is 82.9 cm³/mol. The summed E-state index contributed by atoms with van der Waals surface area (Å²) in [6.45, 7) is 4.64. The van der Waals surface area contributed by atoms with Gasteiger partial charge in [0.1, 0.15) is 5.75 Å². The van der Waals surface area contributed by atoms with Gasteiger partial charge in [-0.3, -0.25) is 4.79 Å². The number of ether oxygens (including phenoxy) is 2. The van der Waals surface area contributed by atoms with E-state index in [1.807, 2.05) is 44.2 Å². The Balaban J connectivity index is 2.12. The number of carbonyl (C=O) groups is 1. The second-order valence-corrected chi connectivity index (χ2v) is 5.23. The van der Waals surface area contributed by atoms with Crippen LogP contribution in [0.3, 0.4) is 0 Å². The van der Waals surface area contributed by atoms with Crippen molar-refractivity contribution in [1.29, 1.82) is 0 Å². The standard InChI is InChI=1S/C17H23NO3/c1-4-14(11-13-7-5-6-8-16(13)20-3)18-17(19)15-9-10-21-12(15)2/h5-8,11-12,15H,4,9-10H2,1-3H3,(H,18,19). The van der Waals surface area contributed by atoms with Gasteiger partial charge >= 0.3 is 0 Å². The highest BCUT2D eigenvalue weighted by molar-refractivity contribution is 5.82. The van der Waals surface area contributed by atoms with Gasteiger partial charge in [-0.2, -0.15) is 0 Å². The molecule has 1 aliphatic heterocycles. The number of carbonyl (C=O) groups excluding carboxylic acids is 1. The summed E-state index contributed by atoms with van der Waals surface area (Å²) in [5.41, 5.74) is 1.86. The van der Waals surface area contributed by atoms with E-state index < -0.39 is 0 Å². The molecule has 21 heavy (non-hydrogen) atoms. The van der Waals surface area contributed by atoms with Gasteiger partial charge in [0.25, 0.3) is 0 Å². The van der Waals surface area contributed by atoms with Crippen LogP contribution in [-0.2, 0) is 9.53 Å². The van der Waals surface area contributed by atoms with Crippen molar-refractivity contribution in [3.8, 4) is 5.75 Å². The number of amides is 1. The zero-order valence-corrected chi connectivity index (χ0v) is 12.9. The predicted octanol–water partition coefficient (Wildman–Crippen LogP) is 2.99. The lowest BCUT2D eigenvalue weighted by Crippen LogP contribution is -2.33. The maximum atomic E-state index is 12.3. The first-order valence-corrected chi connectivity index (χ1v) is 7.41. The summed E-state index contributed by atoms with van der Waals surface area (Å²) >= 11 is 0. The van der Waals surface area contributed by atoms with Gasteiger partial charge in [0, 0.05) is 17.9 Å². The first kappa shape index (κ1) is 15.6. The number of benzene rings is 1. The molecule has 1 saturated heterocycles. The molecule has 1 fully saturated rings. The van der Waals surface area contributed by atoms with E-state index in [1.165, 1.54) is 0 Å². The third kappa shape index (κ3) is 3.85. The van der Waals surface area contributed by atoms with Crippen molar-refractivity contribution in [2.24, 2.45) is 5.92 Å². The first-order chi connectivity index (χ1) is 10.2. The number of hydrogen-bond donors (Lipinski definition) is 1. The Labute approximate surface area is 126 Å². The van der Waals surface area contributed by atoms with Crippen molar-refractivity contribution in [3.63, 3.8) is 0 Å². The van der Waals surface area contributed by atoms with Crippen LogP contribution < -0.4 is 10.1 Å². The highest BCUT2D eigenvalue weighted by atomic mass is 16.5. The molecule has 1 N–H and O–H groups in total. The third-order valence-corrected chi connectivity index (χ3v) is 3.85. The maximum absolute atomic E-state index is 12.3. The van der Waals surface area contributed by atoms with Crippen molar-refractivity contribution in [2.45, 2.75) is 32.8 Å². The van der Waals surface area contributed by atoms with Crippen LogP contribution in [0.1, 0.15) is 32.3 Å². The fourth-order valence-electron chi connectivity index (χ4n) is 2.53. The van der Waals surface area contributed by atoms with Crippen molar-refractivity contribution >= 4 is 12.0 Å². The van der Waals surface area contributed by atoms with E-state index in [2.05, 4.69) is 5.32 Å². The highest BCUT2D eigenvalue weighted by Crippen LogP contribution is 2.23. The summed E-state index contributed by atoms with van der Waals surface area (Å²) in [5.74, 6) is 0.788. The lowest BCUT2D eigenvalue weighted by molar-refractivity contribution is -0.125. The zero-order chi connectivity index (χ0) is 15.2. The molecule has 0 bridgehead atoms. The molecule has 0 spiro atoms. The van der Waals surface area contributed by atoms with Crippen LogP contribution in [0.25, 0.3) is 6.08 Å². The summed E-state index contributed by atoms with van der Waals surface area (Å²) in [6.07, 6.45) is 3.51. The van der Waals surface area contributed by atoms with Gasteiger partial charge in [0.05, 0.1) is 19.1 Å². The quantitative estimate of drug-likeness (QED) is 0.906. The molecular weight excluding hydrogens is 266 g/mol. The van der Waals surface area contributed by atoms with Gasteiger partial charge in [-0.1, -0.05) is 25.1 Å². The van der Waals surface area contributed by atoms with Crippen LogP contribution in [-0.4, -0.2) is 25.7 Å². The Morgan fingerprint density at radius 2 is 2.24 bits per heavy atom. The van der Waals surface area contributed by atoms with Gasteiger partial charge in [-0.25, -0.2) is 0 Å². The minimum atomic E-state index is -0.0578. The molecule has 2 unspecified atom stereocenters. The number of allylic oxidation sites excluding steroid dienone is 1. The van der Waals surface area contributed by atoms with Crippen molar-refractivity contribution in [2.75, 3.05) is 13.7 Å². The van der Waals surface area contributed by atoms with E-state index in [0.29, 0.717) is 6.61 Å². The van der Waals surface area contributed by atoms with Crippen LogP contribution in [0.5, 0.6) is 5.75 Å². The molecule has 1 aromatic carbocycles. The van der Waals surface area contributed by atoms with Gasteiger partial charge in [-0.05, 0) is 31.9 Å². The van der Waals surface area contributed by atoms with Crippen molar-refractivity contribution in [3.05, 3.63) is 35.5 Å². The van der Waals surface area contributed by atoms with Gasteiger partial charge in [-0.15, -0.1) is 0 Å². The molecule has 2 rings (SSSR count). The number of methoxy groups -OCH3 is 1. The molecule has 0 saturated carbocycles. The van der Waals surface area contributed by atoms with E-state index in [0.717, 1.165) is 29.9 Å². The molecule has 1 aromatic rings. The second-order valence-electron chi connectivity index (χ2n) is 5.23. The minimum absolute atomic E-state index is 0.00522. The minimum Gasteiger partial charge on any atom is -0.496 e. The zero-order valence-electron chi connectivity index (χ0n) is 12.9. The van der Waals surface area contributed by atoms with E-state index in [4.69, 9.17) is 9.47 Å². The molecule has 114 valence electrons. The Hall–Kier alpha value is -1.81. The number of para-hydroxylation sites is 1. The molecule has 0 aliphatic carbocycles. The molecule has 2 atom stereocenters. The SMILES string of the molecule is CCC(=Cc1ccccc1OC)NC(=O)C1CCOC1C. The lowest BCUT2D eigenvalue weighted by atomic mass is 10.0. The molecule has 0 radical (unpaired) electrons. The highest BCUT2D eigenvalue weighted by Gasteiger charge is 2.30. The summed E-state index contributed by atoms with van der Waals surface area (Å²) in [4.78, 5) is 12.3. The van der Waals surface area contributed by atoms with Gasteiger partial charge in [0.2, 0.25) is 5.91 Å². The van der Waals surface area contributed by atoms with Crippen LogP contribution in [0.15, 0.2) is 30.0 Å². The fraction of sp³-hybridized carbons (Fsp3) is 0.471. The average molecular weight is 289 g/mol. The summed E-state index contributed by atoms with van der Waals surface area (Å²) in [6, 6.07) is 7.77. The van der Waals surface area contributed by atoms with Gasteiger partial charge in [0.15, 0.2) is 0 Å². The fourth-order valence-corrected chi connectivity index (χ4v) is 2.53. The van der Waals surface area contributed by atoms with Crippen molar-refractivity contribution in [1.82, 2.24) is 5.32 Å². The monoisotopic (exact) mass is 289 g/mol. The summed E-state index contributed by atoms with van der Waals surface area (Å²) in [7, 11) is 1.65. The maximum Gasteiger partial charge on any atom is 0.229 e. The Bertz CT molecular complexity index is 525. The number of nitrogens with one attached hydrogen (secondary N) is 1. The van der Waals surface area contributed by atoms with Gasteiger partial charge < -0.3 is 14.8 Å². The Kier molecular flexibility index (Phi) is 5.39. The van der Waals surface area contributed by atoms with Crippen LogP contribution in [0, 0.1) is 5.92 Å². The first-order valence-electron chi connectivity index (χ1n) is 7.41. The summed E-state index contributed by atoms with van der Waals surface area (Å²) < 4.78 is 10.8. The Morgan fingerprint density at radius 3 is 2.86 bits per heavy atom. The van der Waals surface area contributed by atoms with E-state index in [9.17, 15) is 4.79 Å². The van der Waals surface area contributed by atoms with E-state index in [-0.39, 0.29) is 17.9 Å². The lowest BCUT2D eigenvalue weighted by Gasteiger charge is -2.16.